The summed E-state index contributed by atoms with van der Waals surface area (Å²) in [5, 5.41) is 9.59. The van der Waals surface area contributed by atoms with Crippen LogP contribution < -0.4 is 5.73 Å². The smallest absolute Gasteiger partial charge is 0.391 e. The average Bonchev–Trinajstić information content (AvgIpc) is 2.35. The lowest BCUT2D eigenvalue weighted by Crippen LogP contribution is -2.31. The van der Waals surface area contributed by atoms with Crippen molar-refractivity contribution in [3.05, 3.63) is 34.3 Å². The van der Waals surface area contributed by atoms with Gasteiger partial charge in [0, 0.05) is 0 Å². The summed E-state index contributed by atoms with van der Waals surface area (Å²) in [6, 6.07) is 2.60. The van der Waals surface area contributed by atoms with Gasteiger partial charge < -0.3 is 10.8 Å². The highest BCUT2D eigenvalue weighted by Crippen LogP contribution is 2.36. The van der Waals surface area contributed by atoms with Crippen molar-refractivity contribution in [3.8, 4) is 0 Å². The number of alkyl halides is 3. The Morgan fingerprint density at radius 2 is 1.90 bits per heavy atom. The van der Waals surface area contributed by atoms with Gasteiger partial charge in [-0.25, -0.2) is 0 Å². The molecule has 1 aromatic carbocycles. The van der Waals surface area contributed by atoms with E-state index in [2.05, 4.69) is 0 Å². The van der Waals surface area contributed by atoms with Gasteiger partial charge in [0.25, 0.3) is 0 Å². The number of nitrogens with two attached hydrogens (primary N) is 1. The predicted molar refractivity (Wildman–Crippen MR) is 76.1 cm³/mol. The molecule has 0 aliphatic carbocycles. The van der Waals surface area contributed by atoms with E-state index in [1.54, 1.807) is 6.92 Å². The highest BCUT2D eigenvalue weighted by Gasteiger charge is 2.34. The first-order valence-corrected chi connectivity index (χ1v) is 6.36. The van der Waals surface area contributed by atoms with E-state index in [0.717, 1.165) is 12.1 Å². The molecule has 0 spiro atoms. The lowest BCUT2D eigenvalue weighted by atomic mass is 9.91. The largest absolute Gasteiger partial charge is 0.417 e. The van der Waals surface area contributed by atoms with Crippen LogP contribution in [-0.4, -0.2) is 11.2 Å². The Hall–Kier alpha value is -0.490. The van der Waals surface area contributed by atoms with Gasteiger partial charge in [-0.2, -0.15) is 13.2 Å². The fraction of sp³-hybridized carbons (Fsp3) is 0.538. The minimum Gasteiger partial charge on any atom is -0.391 e. The van der Waals surface area contributed by atoms with E-state index in [0.29, 0.717) is 6.42 Å². The Balaban J connectivity index is 0.00000361. The first-order valence-electron chi connectivity index (χ1n) is 5.98. The van der Waals surface area contributed by atoms with Crippen LogP contribution in [0.25, 0.3) is 0 Å². The van der Waals surface area contributed by atoms with Crippen LogP contribution in [0.1, 0.15) is 37.4 Å². The van der Waals surface area contributed by atoms with Crippen molar-refractivity contribution >= 4 is 24.0 Å². The fourth-order valence-electron chi connectivity index (χ4n) is 1.76. The van der Waals surface area contributed by atoms with E-state index in [1.807, 2.05) is 6.92 Å². The number of hydrogen-bond donors (Lipinski definition) is 2. The maximum atomic E-state index is 12.7. The van der Waals surface area contributed by atoms with Crippen molar-refractivity contribution in [1.29, 1.82) is 0 Å². The van der Waals surface area contributed by atoms with Gasteiger partial charge in [-0.3, -0.25) is 0 Å². The zero-order chi connectivity index (χ0) is 14.8. The van der Waals surface area contributed by atoms with Crippen molar-refractivity contribution in [2.24, 2.45) is 11.7 Å². The molecule has 0 heterocycles. The van der Waals surface area contributed by atoms with Crippen LogP contribution in [0, 0.1) is 5.92 Å². The number of rotatable bonds is 4. The minimum absolute atomic E-state index is 0. The molecule has 0 saturated heterocycles. The third-order valence-electron chi connectivity index (χ3n) is 3.28. The van der Waals surface area contributed by atoms with Crippen molar-refractivity contribution in [1.82, 2.24) is 0 Å². The average molecular weight is 332 g/mol. The molecule has 7 heteroatoms. The standard InChI is InChI=1S/C13H17ClF3NO.ClH/c1-3-7(2)12(19)11(18)8-4-5-10(14)9(6-8)13(15,16)17;/h4-7,11-12,19H,3,18H2,1-2H3;1H/t7?,11-,12+;/m0./s1. The molecule has 0 amide bonds. The van der Waals surface area contributed by atoms with Gasteiger partial charge in [0.1, 0.15) is 0 Å². The molecule has 3 N–H and O–H groups in total. The van der Waals surface area contributed by atoms with Gasteiger partial charge in [-0.05, 0) is 23.6 Å². The van der Waals surface area contributed by atoms with Gasteiger partial charge in [-0.1, -0.05) is 37.9 Å². The van der Waals surface area contributed by atoms with Crippen LogP contribution >= 0.6 is 24.0 Å². The van der Waals surface area contributed by atoms with E-state index in [9.17, 15) is 18.3 Å². The molecule has 0 aliphatic rings. The number of hydrogen-bond acceptors (Lipinski definition) is 2. The number of aliphatic hydroxyl groups excluding tert-OH is 1. The van der Waals surface area contributed by atoms with Crippen LogP contribution in [-0.2, 0) is 6.18 Å². The summed E-state index contributed by atoms with van der Waals surface area (Å²) >= 11 is 5.53. The SMILES string of the molecule is CCC(C)[C@@H](O)[C@@H](N)c1ccc(Cl)c(C(F)(F)F)c1.Cl. The zero-order valence-electron chi connectivity index (χ0n) is 11.1. The molecular formula is C13H18Cl2F3NO. The molecule has 1 unspecified atom stereocenters. The molecule has 0 bridgehead atoms. The highest BCUT2D eigenvalue weighted by atomic mass is 35.5. The summed E-state index contributed by atoms with van der Waals surface area (Å²) in [6.45, 7) is 3.68. The van der Waals surface area contributed by atoms with Gasteiger partial charge in [-0.15, -0.1) is 12.4 Å². The number of aliphatic hydroxyl groups is 1. The molecule has 116 valence electrons. The Morgan fingerprint density at radius 1 is 1.35 bits per heavy atom. The molecule has 0 radical (unpaired) electrons. The fourth-order valence-corrected chi connectivity index (χ4v) is 1.98. The van der Waals surface area contributed by atoms with E-state index >= 15 is 0 Å². The van der Waals surface area contributed by atoms with Crippen molar-refractivity contribution in [2.45, 2.75) is 38.6 Å². The van der Waals surface area contributed by atoms with Gasteiger partial charge >= 0.3 is 6.18 Å². The Kier molecular flexibility index (Phi) is 7.32. The molecule has 0 aliphatic heterocycles. The topological polar surface area (TPSA) is 46.2 Å². The molecule has 0 saturated carbocycles. The van der Waals surface area contributed by atoms with E-state index in [-0.39, 0.29) is 28.9 Å². The number of benzene rings is 1. The van der Waals surface area contributed by atoms with E-state index in [1.165, 1.54) is 6.07 Å². The predicted octanol–water partition coefficient (Wildman–Crippen LogP) is 4.19. The first kappa shape index (κ1) is 19.5. The van der Waals surface area contributed by atoms with Crippen LogP contribution in [0.15, 0.2) is 18.2 Å². The Labute approximate surface area is 127 Å². The molecule has 1 rings (SSSR count). The number of halogens is 5. The van der Waals surface area contributed by atoms with Crippen LogP contribution in [0.3, 0.4) is 0 Å². The zero-order valence-corrected chi connectivity index (χ0v) is 12.7. The lowest BCUT2D eigenvalue weighted by molar-refractivity contribution is -0.137. The van der Waals surface area contributed by atoms with E-state index in [4.69, 9.17) is 17.3 Å². The van der Waals surface area contributed by atoms with Crippen LogP contribution in [0.5, 0.6) is 0 Å². The normalized spacial score (nSPS) is 16.2. The minimum atomic E-state index is -4.53. The summed E-state index contributed by atoms with van der Waals surface area (Å²) in [6.07, 6.45) is -4.74. The highest BCUT2D eigenvalue weighted by molar-refractivity contribution is 6.31. The summed E-state index contributed by atoms with van der Waals surface area (Å²) < 4.78 is 38.2. The molecule has 2 nitrogen and oxygen atoms in total. The second kappa shape index (κ2) is 7.50. The Morgan fingerprint density at radius 3 is 2.35 bits per heavy atom. The quantitative estimate of drug-likeness (QED) is 0.869. The van der Waals surface area contributed by atoms with Crippen LogP contribution in [0.4, 0.5) is 13.2 Å². The molecule has 1 aromatic rings. The summed E-state index contributed by atoms with van der Waals surface area (Å²) in [4.78, 5) is 0. The third-order valence-corrected chi connectivity index (χ3v) is 3.61. The monoisotopic (exact) mass is 331 g/mol. The van der Waals surface area contributed by atoms with Gasteiger partial charge in [0.15, 0.2) is 0 Å². The maximum Gasteiger partial charge on any atom is 0.417 e. The summed E-state index contributed by atoms with van der Waals surface area (Å²) in [7, 11) is 0. The summed E-state index contributed by atoms with van der Waals surface area (Å²) in [5.41, 5.74) is 5.11. The van der Waals surface area contributed by atoms with Crippen molar-refractivity contribution < 1.29 is 18.3 Å². The van der Waals surface area contributed by atoms with E-state index < -0.39 is 23.9 Å². The lowest BCUT2D eigenvalue weighted by Gasteiger charge is -2.25. The Bertz CT molecular complexity index is 440. The van der Waals surface area contributed by atoms with Crippen molar-refractivity contribution in [2.75, 3.05) is 0 Å². The summed E-state index contributed by atoms with van der Waals surface area (Å²) in [5.74, 6) is -0.0972. The molecule has 0 fully saturated rings. The molecule has 3 atom stereocenters. The first-order chi connectivity index (χ1) is 8.68. The second-order valence-electron chi connectivity index (χ2n) is 4.64. The third kappa shape index (κ3) is 4.52. The second-order valence-corrected chi connectivity index (χ2v) is 5.05. The van der Waals surface area contributed by atoms with Crippen molar-refractivity contribution in [3.63, 3.8) is 0 Å². The molecule has 20 heavy (non-hydrogen) atoms. The van der Waals surface area contributed by atoms with Crippen LogP contribution in [0.2, 0.25) is 5.02 Å². The maximum absolute atomic E-state index is 12.7. The molecule has 0 aromatic heterocycles. The molecular weight excluding hydrogens is 314 g/mol. The van der Waals surface area contributed by atoms with Gasteiger partial charge in [0.2, 0.25) is 0 Å². The van der Waals surface area contributed by atoms with Gasteiger partial charge in [0.05, 0.1) is 22.7 Å².